The average Bonchev–Trinajstić information content (AvgIpc) is 2.59. The highest BCUT2D eigenvalue weighted by Crippen LogP contribution is 2.19. The predicted molar refractivity (Wildman–Crippen MR) is 106 cm³/mol. The van der Waals surface area contributed by atoms with Crippen LogP contribution < -0.4 is 20.1 Å². The van der Waals surface area contributed by atoms with Crippen LogP contribution in [-0.2, 0) is 4.79 Å². The number of hydrogen-bond donors (Lipinski definition) is 2. The lowest BCUT2D eigenvalue weighted by molar-refractivity contribution is -0.114. The summed E-state index contributed by atoms with van der Waals surface area (Å²) in [5.41, 5.74) is 2.49. The molecule has 5 heteroatoms. The van der Waals surface area contributed by atoms with Crippen LogP contribution in [0.15, 0.2) is 60.7 Å². The van der Waals surface area contributed by atoms with E-state index >= 15 is 0 Å². The van der Waals surface area contributed by atoms with Gasteiger partial charge in [-0.15, -0.1) is 0 Å². The van der Waals surface area contributed by atoms with E-state index in [0.29, 0.717) is 18.0 Å². The van der Waals surface area contributed by atoms with Gasteiger partial charge in [0, 0.05) is 17.4 Å². The van der Waals surface area contributed by atoms with Gasteiger partial charge in [0.15, 0.2) is 0 Å². The van der Waals surface area contributed by atoms with E-state index < -0.39 is 0 Å². The van der Waals surface area contributed by atoms with E-state index in [1.54, 1.807) is 6.07 Å². The highest BCUT2D eigenvalue weighted by atomic mass is 16.5. The molecule has 0 aromatic heterocycles. The van der Waals surface area contributed by atoms with Crippen molar-refractivity contribution in [2.24, 2.45) is 0 Å². The summed E-state index contributed by atoms with van der Waals surface area (Å²) in [4.78, 5) is 12.1. The molecule has 2 rings (SSSR count). The topological polar surface area (TPSA) is 59.6 Å². The number of ether oxygens (including phenoxy) is 2. The molecular weight excluding hydrogens is 328 g/mol. The van der Waals surface area contributed by atoms with Gasteiger partial charge in [-0.2, -0.15) is 0 Å². The standard InChI is InChI=1S/C21H26N2O3/c1-15(2)14-25-20-7-5-6-18(12-20)23-21(24)13-22-17-8-10-19(11-9-17)26-16(3)4/h5-12,16,22H,1,13-14H2,2-4H3,(H,23,24). The van der Waals surface area contributed by atoms with E-state index in [9.17, 15) is 4.79 Å². The maximum atomic E-state index is 12.1. The van der Waals surface area contributed by atoms with Crippen molar-refractivity contribution in [1.82, 2.24) is 0 Å². The fourth-order valence-electron chi connectivity index (χ4n) is 2.18. The number of carbonyl (C=O) groups excluding carboxylic acids is 1. The number of hydrogen-bond acceptors (Lipinski definition) is 4. The van der Waals surface area contributed by atoms with E-state index in [2.05, 4.69) is 17.2 Å². The monoisotopic (exact) mass is 354 g/mol. The third-order valence-electron chi connectivity index (χ3n) is 3.28. The van der Waals surface area contributed by atoms with Gasteiger partial charge in [-0.25, -0.2) is 0 Å². The summed E-state index contributed by atoms with van der Waals surface area (Å²) in [5, 5.41) is 5.94. The molecule has 0 saturated heterocycles. The Morgan fingerprint density at radius 3 is 2.46 bits per heavy atom. The van der Waals surface area contributed by atoms with Gasteiger partial charge in [0.2, 0.25) is 5.91 Å². The van der Waals surface area contributed by atoms with E-state index in [0.717, 1.165) is 17.0 Å². The molecule has 0 atom stereocenters. The number of rotatable bonds is 9. The number of benzene rings is 2. The van der Waals surface area contributed by atoms with Crippen LogP contribution >= 0.6 is 0 Å². The summed E-state index contributed by atoms with van der Waals surface area (Å²) in [6, 6.07) is 14.8. The van der Waals surface area contributed by atoms with Crippen LogP contribution in [0.4, 0.5) is 11.4 Å². The Morgan fingerprint density at radius 1 is 1.08 bits per heavy atom. The van der Waals surface area contributed by atoms with Crippen LogP contribution in [0.1, 0.15) is 20.8 Å². The number of carbonyl (C=O) groups is 1. The Labute approximate surface area is 155 Å². The molecule has 2 N–H and O–H groups in total. The molecule has 0 unspecified atom stereocenters. The average molecular weight is 354 g/mol. The fraction of sp³-hybridized carbons (Fsp3) is 0.286. The Bertz CT molecular complexity index is 739. The van der Waals surface area contributed by atoms with Crippen molar-refractivity contribution in [1.29, 1.82) is 0 Å². The third kappa shape index (κ3) is 6.89. The molecule has 2 aromatic rings. The molecule has 0 radical (unpaired) electrons. The molecule has 0 bridgehead atoms. The summed E-state index contributed by atoms with van der Waals surface area (Å²) in [5.74, 6) is 1.37. The molecule has 138 valence electrons. The minimum absolute atomic E-state index is 0.134. The zero-order chi connectivity index (χ0) is 18.9. The van der Waals surface area contributed by atoms with Crippen molar-refractivity contribution in [3.05, 3.63) is 60.7 Å². The van der Waals surface area contributed by atoms with Gasteiger partial charge < -0.3 is 20.1 Å². The van der Waals surface area contributed by atoms with Crippen LogP contribution in [0, 0.1) is 0 Å². The summed E-state index contributed by atoms with van der Waals surface area (Å²) < 4.78 is 11.2. The first-order chi connectivity index (χ1) is 12.4. The summed E-state index contributed by atoms with van der Waals surface area (Å²) in [6.07, 6.45) is 0.134. The largest absolute Gasteiger partial charge is 0.491 e. The van der Waals surface area contributed by atoms with Crippen LogP contribution in [0.3, 0.4) is 0 Å². The second-order valence-electron chi connectivity index (χ2n) is 6.37. The maximum Gasteiger partial charge on any atom is 0.243 e. The molecule has 0 spiro atoms. The van der Waals surface area contributed by atoms with E-state index in [4.69, 9.17) is 9.47 Å². The molecule has 1 amide bonds. The Kier molecular flexibility index (Phi) is 7.09. The third-order valence-corrected chi connectivity index (χ3v) is 3.28. The van der Waals surface area contributed by atoms with Crippen molar-refractivity contribution in [2.75, 3.05) is 23.8 Å². The molecular formula is C21H26N2O3. The summed E-state index contributed by atoms with van der Waals surface area (Å²) in [6.45, 7) is 10.3. The number of anilines is 2. The summed E-state index contributed by atoms with van der Waals surface area (Å²) in [7, 11) is 0. The van der Waals surface area contributed by atoms with Crippen molar-refractivity contribution in [3.63, 3.8) is 0 Å². The van der Waals surface area contributed by atoms with Crippen LogP contribution in [-0.4, -0.2) is 25.2 Å². The molecule has 0 fully saturated rings. The van der Waals surface area contributed by atoms with Crippen LogP contribution in [0.25, 0.3) is 0 Å². The highest BCUT2D eigenvalue weighted by Gasteiger charge is 2.04. The van der Waals surface area contributed by atoms with Gasteiger partial charge in [0.05, 0.1) is 12.6 Å². The first kappa shape index (κ1) is 19.4. The SMILES string of the molecule is C=C(C)COc1cccc(NC(=O)CNc2ccc(OC(C)C)cc2)c1. The molecule has 0 aliphatic heterocycles. The van der Waals surface area contributed by atoms with E-state index in [1.807, 2.05) is 63.2 Å². The number of nitrogens with one attached hydrogen (secondary N) is 2. The Hall–Kier alpha value is -2.95. The van der Waals surface area contributed by atoms with Gasteiger partial charge >= 0.3 is 0 Å². The minimum atomic E-state index is -0.135. The van der Waals surface area contributed by atoms with Crippen molar-refractivity contribution >= 4 is 17.3 Å². The zero-order valence-electron chi connectivity index (χ0n) is 15.5. The lowest BCUT2D eigenvalue weighted by atomic mass is 10.3. The van der Waals surface area contributed by atoms with Gasteiger partial charge in [-0.3, -0.25) is 4.79 Å². The normalized spacial score (nSPS) is 10.3. The van der Waals surface area contributed by atoms with Gasteiger partial charge in [0.1, 0.15) is 18.1 Å². The zero-order valence-corrected chi connectivity index (χ0v) is 15.5. The molecule has 0 saturated carbocycles. The second-order valence-corrected chi connectivity index (χ2v) is 6.37. The Balaban J connectivity index is 1.83. The maximum absolute atomic E-state index is 12.1. The first-order valence-corrected chi connectivity index (χ1v) is 8.60. The lowest BCUT2D eigenvalue weighted by Gasteiger charge is -2.12. The van der Waals surface area contributed by atoms with Gasteiger partial charge in [-0.1, -0.05) is 12.6 Å². The smallest absolute Gasteiger partial charge is 0.243 e. The molecule has 0 aliphatic rings. The van der Waals surface area contributed by atoms with Crippen LogP contribution in [0.5, 0.6) is 11.5 Å². The molecule has 5 nitrogen and oxygen atoms in total. The molecule has 0 heterocycles. The second kappa shape index (κ2) is 9.51. The van der Waals surface area contributed by atoms with E-state index in [-0.39, 0.29) is 18.6 Å². The molecule has 26 heavy (non-hydrogen) atoms. The minimum Gasteiger partial charge on any atom is -0.491 e. The Morgan fingerprint density at radius 2 is 1.81 bits per heavy atom. The van der Waals surface area contributed by atoms with E-state index in [1.165, 1.54) is 0 Å². The van der Waals surface area contributed by atoms with Gasteiger partial charge in [-0.05, 0) is 62.7 Å². The summed E-state index contributed by atoms with van der Waals surface area (Å²) >= 11 is 0. The predicted octanol–water partition coefficient (Wildman–Crippen LogP) is 4.48. The van der Waals surface area contributed by atoms with Gasteiger partial charge in [0.25, 0.3) is 0 Å². The molecule has 0 aliphatic carbocycles. The molecule has 2 aromatic carbocycles. The lowest BCUT2D eigenvalue weighted by Crippen LogP contribution is -2.21. The highest BCUT2D eigenvalue weighted by molar-refractivity contribution is 5.93. The van der Waals surface area contributed by atoms with Crippen molar-refractivity contribution in [3.8, 4) is 11.5 Å². The van der Waals surface area contributed by atoms with Crippen LogP contribution in [0.2, 0.25) is 0 Å². The fourth-order valence-corrected chi connectivity index (χ4v) is 2.18. The first-order valence-electron chi connectivity index (χ1n) is 8.60. The number of amides is 1. The van der Waals surface area contributed by atoms with Crippen molar-refractivity contribution < 1.29 is 14.3 Å². The van der Waals surface area contributed by atoms with Crippen molar-refractivity contribution in [2.45, 2.75) is 26.9 Å². The quantitative estimate of drug-likeness (QED) is 0.652.